The van der Waals surface area contributed by atoms with Crippen molar-refractivity contribution >= 4 is 32.7 Å². The number of halogens is 1. The van der Waals surface area contributed by atoms with Gasteiger partial charge < -0.3 is 10.0 Å². The van der Waals surface area contributed by atoms with Gasteiger partial charge in [0.15, 0.2) is 0 Å². The highest BCUT2D eigenvalue weighted by Gasteiger charge is 2.15. The Bertz CT molecular complexity index is 463. The SMILES string of the molecule is CN(C)CCCS(=O)c1cc(Br)ccc1C(=O)O. The maximum Gasteiger partial charge on any atom is 0.336 e. The van der Waals surface area contributed by atoms with E-state index >= 15 is 0 Å². The van der Waals surface area contributed by atoms with E-state index in [2.05, 4.69) is 15.9 Å². The summed E-state index contributed by atoms with van der Waals surface area (Å²) >= 11 is 3.27. The first-order chi connectivity index (χ1) is 8.41. The van der Waals surface area contributed by atoms with Crippen molar-refractivity contribution in [3.05, 3.63) is 28.2 Å². The van der Waals surface area contributed by atoms with E-state index in [-0.39, 0.29) is 5.56 Å². The summed E-state index contributed by atoms with van der Waals surface area (Å²) in [6, 6.07) is 4.74. The number of hydrogen-bond acceptors (Lipinski definition) is 3. The van der Waals surface area contributed by atoms with Gasteiger partial charge in [-0.3, -0.25) is 4.21 Å². The molecule has 6 heteroatoms. The topological polar surface area (TPSA) is 57.6 Å². The molecule has 0 spiro atoms. The van der Waals surface area contributed by atoms with Crippen molar-refractivity contribution in [2.45, 2.75) is 11.3 Å². The summed E-state index contributed by atoms with van der Waals surface area (Å²) < 4.78 is 12.9. The molecule has 0 amide bonds. The first-order valence-electron chi connectivity index (χ1n) is 5.47. The fourth-order valence-corrected chi connectivity index (χ4v) is 3.27. The lowest BCUT2D eigenvalue weighted by atomic mass is 10.2. The molecule has 1 rings (SSSR count). The fourth-order valence-electron chi connectivity index (χ4n) is 1.48. The fraction of sp³-hybridized carbons (Fsp3) is 0.417. The molecule has 0 aliphatic rings. The Morgan fingerprint density at radius 2 is 2.11 bits per heavy atom. The smallest absolute Gasteiger partial charge is 0.336 e. The second-order valence-electron chi connectivity index (χ2n) is 4.15. The van der Waals surface area contributed by atoms with E-state index in [1.54, 1.807) is 12.1 Å². The second kappa shape index (κ2) is 7.01. The first kappa shape index (κ1) is 15.3. The number of carbonyl (C=O) groups is 1. The minimum atomic E-state index is -1.28. The minimum Gasteiger partial charge on any atom is -0.478 e. The average molecular weight is 334 g/mol. The number of benzene rings is 1. The molecule has 0 saturated carbocycles. The standard InChI is InChI=1S/C12H16BrNO3S/c1-14(2)6-3-7-18(17)11-8-9(13)4-5-10(11)12(15)16/h4-5,8H,3,6-7H2,1-2H3,(H,15,16). The van der Waals surface area contributed by atoms with Crippen LogP contribution < -0.4 is 0 Å². The molecule has 0 heterocycles. The maximum atomic E-state index is 12.1. The molecule has 0 aromatic heterocycles. The maximum absolute atomic E-state index is 12.1. The molecule has 0 radical (unpaired) electrons. The molecular formula is C12H16BrNO3S. The largest absolute Gasteiger partial charge is 0.478 e. The summed E-state index contributed by atoms with van der Waals surface area (Å²) in [5.41, 5.74) is 0.112. The molecule has 0 bridgehead atoms. The lowest BCUT2D eigenvalue weighted by Gasteiger charge is -2.10. The van der Waals surface area contributed by atoms with Crippen molar-refractivity contribution in [3.8, 4) is 0 Å². The molecule has 1 atom stereocenters. The Labute approximate surface area is 118 Å². The molecule has 0 aliphatic heterocycles. The van der Waals surface area contributed by atoms with E-state index in [4.69, 9.17) is 5.11 Å². The zero-order chi connectivity index (χ0) is 13.7. The van der Waals surface area contributed by atoms with Gasteiger partial charge in [-0.25, -0.2) is 4.79 Å². The van der Waals surface area contributed by atoms with Crippen molar-refractivity contribution < 1.29 is 14.1 Å². The van der Waals surface area contributed by atoms with Crippen molar-refractivity contribution in [2.75, 3.05) is 26.4 Å². The Balaban J connectivity index is 2.84. The molecule has 1 aromatic rings. The molecule has 4 nitrogen and oxygen atoms in total. The summed E-state index contributed by atoms with van der Waals surface area (Å²) in [7, 11) is 2.62. The first-order valence-corrected chi connectivity index (χ1v) is 7.59. The van der Waals surface area contributed by atoms with Gasteiger partial charge in [-0.15, -0.1) is 0 Å². The van der Waals surface area contributed by atoms with E-state index in [9.17, 15) is 9.00 Å². The Kier molecular flexibility index (Phi) is 5.98. The Morgan fingerprint density at radius 1 is 1.44 bits per heavy atom. The molecule has 1 unspecified atom stereocenters. The number of rotatable bonds is 6. The quantitative estimate of drug-likeness (QED) is 0.867. The molecule has 100 valence electrons. The average Bonchev–Trinajstić information content (AvgIpc) is 2.27. The van der Waals surface area contributed by atoms with Crippen LogP contribution in [0.5, 0.6) is 0 Å². The molecular weight excluding hydrogens is 318 g/mol. The molecule has 0 saturated heterocycles. The second-order valence-corrected chi connectivity index (χ2v) is 6.61. The van der Waals surface area contributed by atoms with Crippen LogP contribution >= 0.6 is 15.9 Å². The molecule has 0 aliphatic carbocycles. The third-order valence-corrected chi connectivity index (χ3v) is 4.34. The minimum absolute atomic E-state index is 0.112. The van der Waals surface area contributed by atoms with E-state index in [1.165, 1.54) is 6.07 Å². The van der Waals surface area contributed by atoms with Crippen LogP contribution in [0, 0.1) is 0 Å². The Morgan fingerprint density at radius 3 is 2.67 bits per heavy atom. The van der Waals surface area contributed by atoms with Crippen molar-refractivity contribution in [2.24, 2.45) is 0 Å². The van der Waals surface area contributed by atoms with Crippen LogP contribution in [0.25, 0.3) is 0 Å². The third-order valence-electron chi connectivity index (χ3n) is 2.35. The highest BCUT2D eigenvalue weighted by atomic mass is 79.9. The lowest BCUT2D eigenvalue weighted by molar-refractivity contribution is 0.0693. The number of hydrogen-bond donors (Lipinski definition) is 1. The van der Waals surface area contributed by atoms with Crippen LogP contribution in [-0.2, 0) is 10.8 Å². The summed E-state index contributed by atoms with van der Waals surface area (Å²) in [4.78, 5) is 13.5. The van der Waals surface area contributed by atoms with E-state index in [1.807, 2.05) is 19.0 Å². The monoisotopic (exact) mass is 333 g/mol. The van der Waals surface area contributed by atoms with Crippen molar-refractivity contribution in [1.29, 1.82) is 0 Å². The molecule has 0 fully saturated rings. The van der Waals surface area contributed by atoms with Gasteiger partial charge in [0.25, 0.3) is 0 Å². The van der Waals surface area contributed by atoms with Crippen molar-refractivity contribution in [1.82, 2.24) is 4.90 Å². The van der Waals surface area contributed by atoms with Gasteiger partial charge in [0.05, 0.1) is 21.3 Å². The van der Waals surface area contributed by atoms with Crippen LogP contribution in [0.1, 0.15) is 16.8 Å². The predicted molar refractivity (Wildman–Crippen MR) is 75.5 cm³/mol. The zero-order valence-corrected chi connectivity index (χ0v) is 12.8. The van der Waals surface area contributed by atoms with Crippen LogP contribution in [0.4, 0.5) is 0 Å². The summed E-state index contributed by atoms with van der Waals surface area (Å²) in [5, 5.41) is 9.06. The number of nitrogens with zero attached hydrogens (tertiary/aromatic N) is 1. The van der Waals surface area contributed by atoms with E-state index in [0.717, 1.165) is 17.4 Å². The van der Waals surface area contributed by atoms with E-state index < -0.39 is 16.8 Å². The highest BCUT2D eigenvalue weighted by Crippen LogP contribution is 2.20. The van der Waals surface area contributed by atoms with Crippen LogP contribution in [-0.4, -0.2) is 46.6 Å². The van der Waals surface area contributed by atoms with Gasteiger partial charge in [-0.05, 0) is 45.3 Å². The van der Waals surface area contributed by atoms with Crippen LogP contribution in [0.3, 0.4) is 0 Å². The van der Waals surface area contributed by atoms with Gasteiger partial charge >= 0.3 is 5.97 Å². The van der Waals surface area contributed by atoms with Gasteiger partial charge in [-0.1, -0.05) is 15.9 Å². The highest BCUT2D eigenvalue weighted by molar-refractivity contribution is 9.10. The van der Waals surface area contributed by atoms with Crippen LogP contribution in [0.15, 0.2) is 27.6 Å². The van der Waals surface area contributed by atoms with E-state index in [0.29, 0.717) is 10.6 Å². The van der Waals surface area contributed by atoms with Crippen molar-refractivity contribution in [3.63, 3.8) is 0 Å². The number of aromatic carboxylic acids is 1. The summed E-state index contributed by atoms with van der Waals surface area (Å²) in [6.45, 7) is 0.835. The number of carboxylic acids is 1. The predicted octanol–water partition coefficient (Wildman–Crippen LogP) is 2.21. The van der Waals surface area contributed by atoms with Gasteiger partial charge in [0.2, 0.25) is 0 Å². The van der Waals surface area contributed by atoms with Crippen LogP contribution in [0.2, 0.25) is 0 Å². The summed E-state index contributed by atoms with van der Waals surface area (Å²) in [5.74, 6) is -0.576. The normalized spacial score (nSPS) is 12.7. The molecule has 1 N–H and O–H groups in total. The lowest BCUT2D eigenvalue weighted by Crippen LogP contribution is -2.16. The van der Waals surface area contributed by atoms with Gasteiger partial charge in [-0.2, -0.15) is 0 Å². The molecule has 1 aromatic carbocycles. The third kappa shape index (κ3) is 4.51. The summed E-state index contributed by atoms with van der Waals surface area (Å²) in [6.07, 6.45) is 0.769. The molecule has 18 heavy (non-hydrogen) atoms. The zero-order valence-electron chi connectivity index (χ0n) is 10.4. The van der Waals surface area contributed by atoms with Gasteiger partial charge in [0, 0.05) is 10.2 Å². The Hall–Kier alpha value is -0.720. The van der Waals surface area contributed by atoms with Gasteiger partial charge in [0.1, 0.15) is 0 Å². The number of carboxylic acid groups (broad SMARTS) is 1.